The molecule has 0 saturated heterocycles. The lowest BCUT2D eigenvalue weighted by Crippen LogP contribution is -2.10. The van der Waals surface area contributed by atoms with Crippen molar-refractivity contribution in [3.8, 4) is 5.88 Å². The number of anilines is 2. The first-order valence-electron chi connectivity index (χ1n) is 6.90. The van der Waals surface area contributed by atoms with E-state index in [1.807, 2.05) is 0 Å². The molecule has 0 aliphatic rings. The van der Waals surface area contributed by atoms with Gasteiger partial charge in [-0.1, -0.05) is 6.08 Å². The second kappa shape index (κ2) is 7.09. The van der Waals surface area contributed by atoms with Gasteiger partial charge in [0, 0.05) is 18.1 Å². The van der Waals surface area contributed by atoms with E-state index >= 15 is 0 Å². The van der Waals surface area contributed by atoms with Crippen LogP contribution in [0.5, 0.6) is 5.88 Å². The second-order valence-corrected chi connectivity index (χ2v) is 6.93. The number of aromatic nitrogens is 2. The predicted octanol–water partition coefficient (Wildman–Crippen LogP) is 3.55. The Morgan fingerprint density at radius 1 is 1.20 bits per heavy atom. The summed E-state index contributed by atoms with van der Waals surface area (Å²) in [6.07, 6.45) is -0.494. The van der Waals surface area contributed by atoms with Crippen molar-refractivity contribution in [2.24, 2.45) is 0 Å². The predicted molar refractivity (Wildman–Crippen MR) is 85.3 cm³/mol. The second-order valence-electron chi connectivity index (χ2n) is 4.92. The van der Waals surface area contributed by atoms with E-state index in [4.69, 9.17) is 4.74 Å². The maximum Gasteiger partial charge on any atom is 0.423 e. The summed E-state index contributed by atoms with van der Waals surface area (Å²) in [6.45, 7) is 1.58. The van der Waals surface area contributed by atoms with Crippen LogP contribution in [-0.2, 0) is 16.0 Å². The zero-order valence-corrected chi connectivity index (χ0v) is 14.0. The molecule has 0 unspecified atom stereocenters. The first-order chi connectivity index (χ1) is 11.6. The third kappa shape index (κ3) is 4.92. The van der Waals surface area contributed by atoms with Gasteiger partial charge in [0.25, 0.3) is 0 Å². The van der Waals surface area contributed by atoms with E-state index in [-0.39, 0.29) is 10.8 Å². The van der Waals surface area contributed by atoms with Crippen molar-refractivity contribution in [2.45, 2.75) is 18.0 Å². The molecule has 1 heterocycles. The minimum Gasteiger partial charge on any atom is -0.446 e. The molecule has 0 radical (unpaired) electrons. The number of hydrogen-bond donors (Lipinski definition) is 1. The van der Waals surface area contributed by atoms with Crippen molar-refractivity contribution in [1.82, 2.24) is 9.97 Å². The Hall–Kier alpha value is -2.62. The van der Waals surface area contributed by atoms with Crippen LogP contribution in [0.3, 0.4) is 0 Å². The van der Waals surface area contributed by atoms with Crippen LogP contribution in [-0.4, -0.2) is 24.6 Å². The van der Waals surface area contributed by atoms with Gasteiger partial charge in [0.1, 0.15) is 5.56 Å². The highest BCUT2D eigenvalue weighted by Gasteiger charge is 2.36. The van der Waals surface area contributed by atoms with Gasteiger partial charge in [-0.05, 0) is 31.2 Å². The maximum absolute atomic E-state index is 12.9. The number of benzene rings is 1. The van der Waals surface area contributed by atoms with Gasteiger partial charge in [-0.2, -0.15) is 18.2 Å². The summed E-state index contributed by atoms with van der Waals surface area (Å²) in [5.41, 5.74) is -0.701. The number of allylic oxidation sites excluding steroid dienone is 1. The summed E-state index contributed by atoms with van der Waals surface area (Å²) in [6, 6.07) is 5.62. The van der Waals surface area contributed by atoms with Crippen LogP contribution in [0.25, 0.3) is 0 Å². The summed E-state index contributed by atoms with van der Waals surface area (Å²) in [7, 11) is -3.34. The minimum absolute atomic E-state index is 0.114. The molecule has 2 aromatic rings. The lowest BCUT2D eigenvalue weighted by Gasteiger charge is -2.12. The van der Waals surface area contributed by atoms with Gasteiger partial charge in [-0.15, -0.1) is 0 Å². The topological polar surface area (TPSA) is 81.2 Å². The normalized spacial score (nSPS) is 12.4. The van der Waals surface area contributed by atoms with Crippen molar-refractivity contribution in [2.75, 3.05) is 11.6 Å². The number of halogens is 3. The van der Waals surface area contributed by atoms with E-state index in [9.17, 15) is 21.6 Å². The summed E-state index contributed by atoms with van der Waals surface area (Å²) in [5, 5.41) is 2.69. The number of hydrogen-bond acceptors (Lipinski definition) is 6. The Morgan fingerprint density at radius 2 is 1.84 bits per heavy atom. The Labute approximate surface area is 142 Å². The number of nitrogens with one attached hydrogen (secondary N) is 1. The third-order valence-electron chi connectivity index (χ3n) is 2.91. The third-order valence-corrected chi connectivity index (χ3v) is 4.04. The SMILES string of the molecule is C/C=C\Oc1nc(Nc2ccc(S(C)(=O)=O)cc2)ncc1C(F)(F)F. The lowest BCUT2D eigenvalue weighted by molar-refractivity contribution is -0.139. The van der Waals surface area contributed by atoms with Crippen LogP contribution in [0.2, 0.25) is 0 Å². The number of rotatable bonds is 5. The molecule has 2 rings (SSSR count). The summed E-state index contributed by atoms with van der Waals surface area (Å²) in [4.78, 5) is 7.44. The fourth-order valence-corrected chi connectivity index (χ4v) is 2.39. The molecule has 0 amide bonds. The summed E-state index contributed by atoms with van der Waals surface area (Å²) in [5.74, 6) is -0.768. The Morgan fingerprint density at radius 3 is 2.36 bits per heavy atom. The van der Waals surface area contributed by atoms with Crippen LogP contribution in [0, 0.1) is 0 Å². The molecule has 0 aliphatic heterocycles. The van der Waals surface area contributed by atoms with Gasteiger partial charge in [0.05, 0.1) is 11.2 Å². The highest BCUT2D eigenvalue weighted by atomic mass is 32.2. The van der Waals surface area contributed by atoms with Crippen LogP contribution < -0.4 is 10.1 Å². The van der Waals surface area contributed by atoms with E-state index in [0.717, 1.165) is 12.5 Å². The van der Waals surface area contributed by atoms with Gasteiger partial charge >= 0.3 is 6.18 Å². The smallest absolute Gasteiger partial charge is 0.423 e. The number of alkyl halides is 3. The molecule has 0 atom stereocenters. The quantitative estimate of drug-likeness (QED) is 0.807. The maximum atomic E-state index is 12.9. The van der Waals surface area contributed by atoms with Crippen molar-refractivity contribution in [3.63, 3.8) is 0 Å². The van der Waals surface area contributed by atoms with Crippen molar-refractivity contribution < 1.29 is 26.3 Å². The van der Waals surface area contributed by atoms with E-state index in [0.29, 0.717) is 11.9 Å². The molecule has 1 aromatic carbocycles. The molecule has 0 spiro atoms. The van der Waals surface area contributed by atoms with E-state index in [1.165, 1.54) is 30.3 Å². The monoisotopic (exact) mass is 373 g/mol. The van der Waals surface area contributed by atoms with Gasteiger partial charge in [0.2, 0.25) is 11.8 Å². The highest BCUT2D eigenvalue weighted by molar-refractivity contribution is 7.90. The van der Waals surface area contributed by atoms with Gasteiger partial charge in [-0.25, -0.2) is 13.4 Å². The van der Waals surface area contributed by atoms with E-state index in [2.05, 4.69) is 15.3 Å². The molecule has 25 heavy (non-hydrogen) atoms. The zero-order valence-electron chi connectivity index (χ0n) is 13.2. The number of ether oxygens (including phenoxy) is 1. The molecule has 6 nitrogen and oxygen atoms in total. The molecule has 1 N–H and O–H groups in total. The average molecular weight is 373 g/mol. The van der Waals surface area contributed by atoms with Crippen molar-refractivity contribution in [3.05, 3.63) is 48.4 Å². The first-order valence-corrected chi connectivity index (χ1v) is 8.79. The highest BCUT2D eigenvalue weighted by Crippen LogP contribution is 2.35. The zero-order chi connectivity index (χ0) is 18.7. The van der Waals surface area contributed by atoms with E-state index < -0.39 is 27.5 Å². The Balaban J connectivity index is 2.30. The van der Waals surface area contributed by atoms with Crippen molar-refractivity contribution in [1.29, 1.82) is 0 Å². The lowest BCUT2D eigenvalue weighted by atomic mass is 10.3. The fourth-order valence-electron chi connectivity index (χ4n) is 1.76. The summed E-state index contributed by atoms with van der Waals surface area (Å²) < 4.78 is 66.5. The molecule has 0 aliphatic carbocycles. The molecule has 0 fully saturated rings. The van der Waals surface area contributed by atoms with Crippen LogP contribution in [0.15, 0.2) is 47.7 Å². The molecule has 0 bridgehead atoms. The molecule has 10 heteroatoms. The average Bonchev–Trinajstić information content (AvgIpc) is 2.51. The molecule has 134 valence electrons. The van der Waals surface area contributed by atoms with E-state index in [1.54, 1.807) is 6.92 Å². The van der Waals surface area contributed by atoms with Crippen LogP contribution >= 0.6 is 0 Å². The standard InChI is InChI=1S/C15H14F3N3O3S/c1-3-8-24-13-12(15(16,17)18)9-19-14(21-13)20-10-4-6-11(7-5-10)25(2,22)23/h3-9H,1-2H3,(H,19,20,21)/b8-3-. The minimum atomic E-state index is -4.66. The fraction of sp³-hybridized carbons (Fsp3) is 0.200. The Kier molecular flexibility index (Phi) is 5.31. The van der Waals surface area contributed by atoms with Gasteiger partial charge in [0.15, 0.2) is 9.84 Å². The number of sulfone groups is 1. The largest absolute Gasteiger partial charge is 0.446 e. The van der Waals surface area contributed by atoms with Crippen LogP contribution in [0.1, 0.15) is 12.5 Å². The molecule has 0 saturated carbocycles. The van der Waals surface area contributed by atoms with Crippen molar-refractivity contribution >= 4 is 21.5 Å². The molecular formula is C15H14F3N3O3S. The molecule has 1 aromatic heterocycles. The summed E-state index contributed by atoms with van der Waals surface area (Å²) >= 11 is 0. The van der Waals surface area contributed by atoms with Gasteiger partial charge in [-0.3, -0.25) is 0 Å². The Bertz CT molecular complexity index is 879. The first kappa shape index (κ1) is 18.7. The molecular weight excluding hydrogens is 359 g/mol. The van der Waals surface area contributed by atoms with Crippen LogP contribution in [0.4, 0.5) is 24.8 Å². The number of nitrogens with zero attached hydrogens (tertiary/aromatic N) is 2. The van der Waals surface area contributed by atoms with Gasteiger partial charge < -0.3 is 10.1 Å².